The minimum absolute atomic E-state index is 0.0868. The van der Waals surface area contributed by atoms with Gasteiger partial charge in [0.2, 0.25) is 5.91 Å². The van der Waals surface area contributed by atoms with Crippen LogP contribution in [0.25, 0.3) is 0 Å². The first-order chi connectivity index (χ1) is 16.3. The largest absolute Gasteiger partial charge is 0.468 e. The molecule has 0 fully saturated rings. The summed E-state index contributed by atoms with van der Waals surface area (Å²) < 4.78 is 5.28. The third kappa shape index (κ3) is 18.5. The molecule has 0 saturated carbocycles. The standard InChI is InChI=1S/C26H44N2O4S/c29-20-11-7-3-1-5-9-17-28(18-10-6-2-4-8-12-21-30)19-14-16-27-26(31)24-33-23-25-15-13-22-32-25/h13,15,20-22H,1-12,14,16-19,23-24H2,(H,27,31). The molecular weight excluding hydrogens is 436 g/mol. The molecule has 33 heavy (non-hydrogen) atoms. The number of amides is 1. The van der Waals surface area contributed by atoms with Gasteiger partial charge in [0.1, 0.15) is 18.3 Å². The number of carbonyl (C=O) groups excluding carboxylic acids is 3. The molecule has 7 heteroatoms. The molecule has 0 aliphatic rings. The Hall–Kier alpha value is -1.60. The number of carbonyl (C=O) groups is 3. The van der Waals surface area contributed by atoms with Crippen molar-refractivity contribution in [3.63, 3.8) is 0 Å². The van der Waals surface area contributed by atoms with Crippen LogP contribution in [0.4, 0.5) is 0 Å². The number of thioether (sulfide) groups is 1. The predicted octanol–water partition coefficient (Wildman–Crippen LogP) is 5.40. The van der Waals surface area contributed by atoms with E-state index in [1.54, 1.807) is 18.0 Å². The molecule has 1 heterocycles. The first-order valence-corrected chi connectivity index (χ1v) is 13.9. The maximum atomic E-state index is 12.0. The van der Waals surface area contributed by atoms with Gasteiger partial charge in [0.15, 0.2) is 0 Å². The van der Waals surface area contributed by atoms with Crippen LogP contribution < -0.4 is 5.32 Å². The minimum Gasteiger partial charge on any atom is -0.468 e. The van der Waals surface area contributed by atoms with Crippen LogP contribution in [-0.4, -0.2) is 55.3 Å². The zero-order chi connectivity index (χ0) is 23.8. The van der Waals surface area contributed by atoms with Crippen LogP contribution in [0.3, 0.4) is 0 Å². The number of aldehydes is 2. The summed E-state index contributed by atoms with van der Waals surface area (Å²) in [7, 11) is 0. The molecule has 1 rings (SSSR count). The zero-order valence-corrected chi connectivity index (χ0v) is 21.1. The summed E-state index contributed by atoms with van der Waals surface area (Å²) in [5.74, 6) is 2.16. The monoisotopic (exact) mass is 480 g/mol. The fraction of sp³-hybridized carbons (Fsp3) is 0.731. The maximum Gasteiger partial charge on any atom is 0.230 e. The van der Waals surface area contributed by atoms with Gasteiger partial charge in [-0.25, -0.2) is 0 Å². The molecule has 0 atom stereocenters. The van der Waals surface area contributed by atoms with Gasteiger partial charge in [0.25, 0.3) is 0 Å². The molecule has 0 bridgehead atoms. The number of rotatable bonds is 24. The van der Waals surface area contributed by atoms with Crippen LogP contribution in [0.5, 0.6) is 0 Å². The van der Waals surface area contributed by atoms with Crippen LogP contribution >= 0.6 is 11.8 Å². The van der Waals surface area contributed by atoms with Crippen LogP contribution in [0.1, 0.15) is 89.2 Å². The van der Waals surface area contributed by atoms with Crippen LogP contribution in [0.15, 0.2) is 22.8 Å². The van der Waals surface area contributed by atoms with Gasteiger partial charge < -0.3 is 24.2 Å². The highest BCUT2D eigenvalue weighted by atomic mass is 32.2. The quantitative estimate of drug-likeness (QED) is 0.158. The Morgan fingerprint density at radius 2 is 1.42 bits per heavy atom. The molecule has 0 aromatic carbocycles. The molecule has 0 saturated heterocycles. The molecule has 0 radical (unpaired) electrons. The molecule has 6 nitrogen and oxygen atoms in total. The van der Waals surface area contributed by atoms with Crippen molar-refractivity contribution in [3.8, 4) is 0 Å². The van der Waals surface area contributed by atoms with E-state index in [0.29, 0.717) is 25.1 Å². The maximum absolute atomic E-state index is 12.0. The van der Waals surface area contributed by atoms with E-state index < -0.39 is 0 Å². The van der Waals surface area contributed by atoms with E-state index in [1.807, 2.05) is 12.1 Å². The van der Waals surface area contributed by atoms with Gasteiger partial charge in [0.05, 0.1) is 17.8 Å². The molecule has 1 amide bonds. The van der Waals surface area contributed by atoms with Gasteiger partial charge in [-0.2, -0.15) is 0 Å². The Bertz CT molecular complexity index is 573. The average Bonchev–Trinajstić information content (AvgIpc) is 3.33. The number of nitrogens with zero attached hydrogens (tertiary/aromatic N) is 1. The summed E-state index contributed by atoms with van der Waals surface area (Å²) >= 11 is 1.57. The third-order valence-corrected chi connectivity index (χ3v) is 6.58. The smallest absolute Gasteiger partial charge is 0.230 e. The highest BCUT2D eigenvalue weighted by molar-refractivity contribution is 7.99. The highest BCUT2D eigenvalue weighted by Gasteiger charge is 2.07. The van der Waals surface area contributed by atoms with Crippen molar-refractivity contribution < 1.29 is 18.8 Å². The third-order valence-electron chi connectivity index (χ3n) is 5.62. The fourth-order valence-electron chi connectivity index (χ4n) is 3.74. The van der Waals surface area contributed by atoms with Crippen molar-refractivity contribution >= 4 is 30.2 Å². The summed E-state index contributed by atoms with van der Waals surface area (Å²) in [6, 6.07) is 3.79. The first-order valence-electron chi connectivity index (χ1n) is 12.7. The lowest BCUT2D eigenvalue weighted by atomic mass is 10.1. The lowest BCUT2D eigenvalue weighted by Gasteiger charge is -2.22. The topological polar surface area (TPSA) is 79.6 Å². The molecule has 0 aliphatic heterocycles. The van der Waals surface area contributed by atoms with Gasteiger partial charge >= 0.3 is 0 Å². The molecule has 0 spiro atoms. The van der Waals surface area contributed by atoms with E-state index in [9.17, 15) is 14.4 Å². The van der Waals surface area contributed by atoms with E-state index in [-0.39, 0.29) is 5.91 Å². The highest BCUT2D eigenvalue weighted by Crippen LogP contribution is 2.12. The zero-order valence-electron chi connectivity index (χ0n) is 20.3. The van der Waals surface area contributed by atoms with Crippen molar-refractivity contribution in [3.05, 3.63) is 24.2 Å². The van der Waals surface area contributed by atoms with Crippen molar-refractivity contribution in [2.75, 3.05) is 31.9 Å². The molecule has 0 unspecified atom stereocenters. The predicted molar refractivity (Wildman–Crippen MR) is 136 cm³/mol. The molecule has 1 aromatic heterocycles. The van der Waals surface area contributed by atoms with Crippen LogP contribution in [0.2, 0.25) is 0 Å². The minimum atomic E-state index is 0.0868. The van der Waals surface area contributed by atoms with Gasteiger partial charge in [-0.05, 0) is 63.9 Å². The summed E-state index contributed by atoms with van der Waals surface area (Å²) in [6.07, 6.45) is 17.5. The van der Waals surface area contributed by atoms with Crippen molar-refractivity contribution in [1.29, 1.82) is 0 Å². The number of furan rings is 1. The van der Waals surface area contributed by atoms with Gasteiger partial charge in [-0.1, -0.05) is 38.5 Å². The van der Waals surface area contributed by atoms with E-state index in [0.717, 1.165) is 75.8 Å². The molecular formula is C26H44N2O4S. The number of hydrogen-bond donors (Lipinski definition) is 1. The second-order valence-corrected chi connectivity index (χ2v) is 9.55. The van der Waals surface area contributed by atoms with Crippen molar-refractivity contribution in [2.24, 2.45) is 0 Å². The number of hydrogen-bond acceptors (Lipinski definition) is 6. The first kappa shape index (κ1) is 29.4. The fourth-order valence-corrected chi connectivity index (χ4v) is 4.50. The lowest BCUT2D eigenvalue weighted by molar-refractivity contribution is -0.118. The second-order valence-electron chi connectivity index (χ2n) is 8.56. The average molecular weight is 481 g/mol. The Morgan fingerprint density at radius 3 is 2.00 bits per heavy atom. The Balaban J connectivity index is 2.16. The summed E-state index contributed by atoms with van der Waals surface area (Å²) in [5.41, 5.74) is 0. The molecule has 1 N–H and O–H groups in total. The van der Waals surface area contributed by atoms with E-state index in [2.05, 4.69) is 10.2 Å². The summed E-state index contributed by atoms with van der Waals surface area (Å²) in [4.78, 5) is 35.4. The van der Waals surface area contributed by atoms with Crippen molar-refractivity contribution in [2.45, 2.75) is 89.2 Å². The second kappa shape index (κ2) is 22.2. The van der Waals surface area contributed by atoms with E-state index in [4.69, 9.17) is 4.42 Å². The summed E-state index contributed by atoms with van der Waals surface area (Å²) in [5, 5.41) is 3.04. The SMILES string of the molecule is O=CCCCCCCCN(CCCCCCCC=O)CCCNC(=O)CSCc1ccco1. The lowest BCUT2D eigenvalue weighted by Crippen LogP contribution is -2.32. The Kier molecular flexibility index (Phi) is 19.8. The van der Waals surface area contributed by atoms with Crippen LogP contribution in [0, 0.1) is 0 Å². The van der Waals surface area contributed by atoms with E-state index in [1.165, 1.54) is 38.5 Å². The van der Waals surface area contributed by atoms with Gasteiger partial charge in [0, 0.05) is 19.4 Å². The molecule has 188 valence electrons. The van der Waals surface area contributed by atoms with E-state index >= 15 is 0 Å². The Labute approximate surface area is 204 Å². The molecule has 0 aliphatic carbocycles. The summed E-state index contributed by atoms with van der Waals surface area (Å²) in [6.45, 7) is 3.93. The Morgan fingerprint density at radius 1 is 0.848 bits per heavy atom. The normalized spacial score (nSPS) is 11.1. The van der Waals surface area contributed by atoms with Crippen molar-refractivity contribution in [1.82, 2.24) is 10.2 Å². The van der Waals surface area contributed by atoms with Gasteiger partial charge in [-0.15, -0.1) is 11.8 Å². The number of unbranched alkanes of at least 4 members (excludes halogenated alkanes) is 10. The number of nitrogens with one attached hydrogen (secondary N) is 1. The van der Waals surface area contributed by atoms with Crippen LogP contribution in [-0.2, 0) is 20.1 Å². The molecule has 1 aromatic rings. The van der Waals surface area contributed by atoms with Gasteiger partial charge in [-0.3, -0.25) is 4.79 Å².